The molecule has 2 aliphatic carbocycles. The van der Waals surface area contributed by atoms with Crippen LogP contribution in [0.25, 0.3) is 10.8 Å². The van der Waals surface area contributed by atoms with Crippen LogP contribution in [0.15, 0.2) is 35.6 Å². The fourth-order valence-electron chi connectivity index (χ4n) is 4.64. The normalized spacial score (nSPS) is 17.8. The first-order valence-electron chi connectivity index (χ1n) is 11.9. The van der Waals surface area contributed by atoms with Crippen LogP contribution in [0.3, 0.4) is 0 Å². The number of amides is 1. The molecule has 9 nitrogen and oxygen atoms in total. The van der Waals surface area contributed by atoms with E-state index in [0.29, 0.717) is 28.7 Å². The summed E-state index contributed by atoms with van der Waals surface area (Å²) in [5.74, 6) is -1.16. The second-order valence-electron chi connectivity index (χ2n) is 10.3. The summed E-state index contributed by atoms with van der Waals surface area (Å²) in [6.45, 7) is 2.24. The quantitative estimate of drug-likeness (QED) is 0.352. The van der Waals surface area contributed by atoms with Gasteiger partial charge < -0.3 is 5.32 Å². The van der Waals surface area contributed by atoms with Crippen molar-refractivity contribution < 1.29 is 22.4 Å². The lowest BCUT2D eigenvalue weighted by molar-refractivity contribution is -0.117. The molecule has 1 saturated carbocycles. The SMILES string of the molecule is Cn1cc(C(=O)C(=O)N[C@@H]2Cc3cc4cnc(C5CC5)cc4c(S(=O)(=O)NCC(C)(C)F)c3C2)cn1. The molecule has 2 aliphatic rings. The number of rotatable bonds is 8. The molecule has 1 amide bonds. The average molecular weight is 514 g/mol. The predicted octanol–water partition coefficient (Wildman–Crippen LogP) is 2.34. The van der Waals surface area contributed by atoms with E-state index in [9.17, 15) is 22.4 Å². The van der Waals surface area contributed by atoms with E-state index in [1.54, 1.807) is 13.2 Å². The van der Waals surface area contributed by atoms with Gasteiger partial charge in [0.05, 0.1) is 16.7 Å². The van der Waals surface area contributed by atoms with Crippen molar-refractivity contribution in [1.82, 2.24) is 24.8 Å². The molecule has 0 unspecified atom stereocenters. The van der Waals surface area contributed by atoms with Crippen LogP contribution in [0.5, 0.6) is 0 Å². The van der Waals surface area contributed by atoms with Crippen molar-refractivity contribution in [1.29, 1.82) is 0 Å². The van der Waals surface area contributed by atoms with Crippen molar-refractivity contribution in [2.45, 2.75) is 62.1 Å². The van der Waals surface area contributed by atoms with Crippen LogP contribution in [0.2, 0.25) is 0 Å². The van der Waals surface area contributed by atoms with Crippen molar-refractivity contribution in [3.8, 4) is 0 Å². The monoisotopic (exact) mass is 513 g/mol. The Balaban J connectivity index is 1.50. The van der Waals surface area contributed by atoms with E-state index in [2.05, 4.69) is 20.1 Å². The summed E-state index contributed by atoms with van der Waals surface area (Å²) in [5, 5.41) is 7.87. The van der Waals surface area contributed by atoms with Crippen molar-refractivity contribution in [3.05, 3.63) is 53.1 Å². The number of aryl methyl sites for hydroxylation is 1. The van der Waals surface area contributed by atoms with Crippen LogP contribution in [0, 0.1) is 0 Å². The number of carbonyl (C=O) groups excluding carboxylic acids is 2. The van der Waals surface area contributed by atoms with Gasteiger partial charge in [0.1, 0.15) is 5.67 Å². The molecule has 36 heavy (non-hydrogen) atoms. The first-order chi connectivity index (χ1) is 16.9. The van der Waals surface area contributed by atoms with Crippen molar-refractivity contribution >= 4 is 32.5 Å². The van der Waals surface area contributed by atoms with E-state index in [4.69, 9.17) is 0 Å². The molecule has 1 aromatic carbocycles. The zero-order chi connectivity index (χ0) is 25.8. The molecule has 5 rings (SSSR count). The Hall–Kier alpha value is -3.18. The Morgan fingerprint density at radius 2 is 1.94 bits per heavy atom. The molecule has 11 heteroatoms. The van der Waals surface area contributed by atoms with Crippen LogP contribution in [0.1, 0.15) is 59.8 Å². The highest BCUT2D eigenvalue weighted by atomic mass is 32.2. The summed E-state index contributed by atoms with van der Waals surface area (Å²) in [4.78, 5) is 29.8. The number of carbonyl (C=O) groups is 2. The number of hydrogen-bond acceptors (Lipinski definition) is 6. The third-order valence-corrected chi connectivity index (χ3v) is 8.09. The zero-order valence-electron chi connectivity index (χ0n) is 20.3. The molecule has 190 valence electrons. The van der Waals surface area contributed by atoms with Gasteiger partial charge >= 0.3 is 0 Å². The maximum Gasteiger partial charge on any atom is 0.292 e. The fourth-order valence-corrected chi connectivity index (χ4v) is 6.32. The summed E-state index contributed by atoms with van der Waals surface area (Å²) in [5.41, 5.74) is 0.608. The van der Waals surface area contributed by atoms with Gasteiger partial charge in [0.25, 0.3) is 11.7 Å². The summed E-state index contributed by atoms with van der Waals surface area (Å²) >= 11 is 0. The number of sulfonamides is 1. The van der Waals surface area contributed by atoms with E-state index in [1.165, 1.54) is 30.9 Å². The number of aromatic nitrogens is 3. The van der Waals surface area contributed by atoms with E-state index in [1.807, 2.05) is 12.1 Å². The second-order valence-corrected chi connectivity index (χ2v) is 12.0. The number of nitrogens with zero attached hydrogens (tertiary/aromatic N) is 3. The molecule has 2 heterocycles. The highest BCUT2D eigenvalue weighted by Crippen LogP contribution is 2.42. The lowest BCUT2D eigenvalue weighted by Crippen LogP contribution is -2.40. The minimum atomic E-state index is -4.08. The van der Waals surface area contributed by atoms with Gasteiger partial charge in [-0.15, -0.1) is 0 Å². The van der Waals surface area contributed by atoms with Gasteiger partial charge in [0.15, 0.2) is 0 Å². The number of hydrogen-bond donors (Lipinski definition) is 2. The third-order valence-electron chi connectivity index (χ3n) is 6.56. The Bertz CT molecular complexity index is 1490. The molecule has 2 N–H and O–H groups in total. The molecule has 0 radical (unpaired) electrons. The van der Waals surface area contributed by atoms with E-state index >= 15 is 0 Å². The maximum absolute atomic E-state index is 14.2. The Kier molecular flexibility index (Phi) is 5.95. The van der Waals surface area contributed by atoms with Gasteiger partial charge in [0, 0.05) is 54.4 Å². The predicted molar refractivity (Wildman–Crippen MR) is 131 cm³/mol. The summed E-state index contributed by atoms with van der Waals surface area (Å²) in [7, 11) is -2.43. The van der Waals surface area contributed by atoms with Crippen molar-refractivity contribution in [3.63, 3.8) is 0 Å². The molecule has 0 saturated heterocycles. The number of Topliss-reactive ketones (excluding diaryl/α,β-unsaturated/α-hetero) is 1. The lowest BCUT2D eigenvalue weighted by atomic mass is 10.0. The Morgan fingerprint density at radius 3 is 2.58 bits per heavy atom. The van der Waals surface area contributed by atoms with Crippen LogP contribution in [-0.2, 0) is 34.7 Å². The standard InChI is InChI=1S/C25H28FN5O4S/c1-25(2,26)13-29-36(34,35)23-19-8-18(30-24(33)22(32)17-11-28-31(3)12-17)7-15(19)6-16-10-27-21(9-20(16)23)14-4-5-14/h6,9-12,14,18,29H,4-5,7-8,13H2,1-3H3,(H,30,33)/t18-/m1/s1. The highest BCUT2D eigenvalue weighted by Gasteiger charge is 2.34. The highest BCUT2D eigenvalue weighted by molar-refractivity contribution is 7.89. The minimum Gasteiger partial charge on any atom is -0.346 e. The molecular formula is C25H28FN5O4S. The summed E-state index contributed by atoms with van der Waals surface area (Å²) < 4.78 is 45.1. The Labute approximate surface area is 208 Å². The molecule has 2 aromatic heterocycles. The van der Waals surface area contributed by atoms with Crippen LogP contribution in [-0.4, -0.2) is 53.1 Å². The van der Waals surface area contributed by atoms with E-state index in [0.717, 1.165) is 24.1 Å². The molecular weight excluding hydrogens is 485 g/mol. The smallest absolute Gasteiger partial charge is 0.292 e. The van der Waals surface area contributed by atoms with Gasteiger partial charge in [-0.25, -0.2) is 17.5 Å². The average Bonchev–Trinajstić information content (AvgIpc) is 3.45. The molecule has 3 aromatic rings. The van der Waals surface area contributed by atoms with Gasteiger partial charge in [-0.3, -0.25) is 19.3 Å². The molecule has 0 bridgehead atoms. The Morgan fingerprint density at radius 1 is 1.19 bits per heavy atom. The van der Waals surface area contributed by atoms with Crippen molar-refractivity contribution in [2.24, 2.45) is 7.05 Å². The number of pyridine rings is 1. The first kappa shape index (κ1) is 24.5. The molecule has 0 spiro atoms. The molecule has 0 aliphatic heterocycles. The van der Waals surface area contributed by atoms with Crippen LogP contribution in [0.4, 0.5) is 4.39 Å². The fraction of sp³-hybridized carbons (Fsp3) is 0.440. The third kappa shape index (κ3) is 4.90. The van der Waals surface area contributed by atoms with Gasteiger partial charge in [0.2, 0.25) is 10.0 Å². The topological polar surface area (TPSA) is 123 Å². The number of nitrogens with one attached hydrogen (secondary N) is 2. The number of halogens is 1. The number of ketones is 1. The van der Waals surface area contributed by atoms with E-state index in [-0.39, 0.29) is 23.4 Å². The zero-order valence-corrected chi connectivity index (χ0v) is 21.2. The largest absolute Gasteiger partial charge is 0.346 e. The number of alkyl halides is 1. The van der Waals surface area contributed by atoms with Crippen LogP contribution < -0.4 is 10.0 Å². The summed E-state index contributed by atoms with van der Waals surface area (Å²) in [6.07, 6.45) is 7.08. The minimum absolute atomic E-state index is 0.0962. The number of fused-ring (bicyclic) bond motifs is 2. The molecule has 1 fully saturated rings. The van der Waals surface area contributed by atoms with E-state index < -0.39 is 33.4 Å². The van der Waals surface area contributed by atoms with Gasteiger partial charge in [-0.1, -0.05) is 0 Å². The summed E-state index contributed by atoms with van der Waals surface area (Å²) in [6, 6.07) is 3.24. The first-order valence-corrected chi connectivity index (χ1v) is 13.4. The number of benzene rings is 1. The maximum atomic E-state index is 14.2. The molecule has 1 atom stereocenters. The lowest BCUT2D eigenvalue weighted by Gasteiger charge is -2.18. The van der Waals surface area contributed by atoms with Crippen molar-refractivity contribution in [2.75, 3.05) is 6.54 Å². The van der Waals surface area contributed by atoms with Gasteiger partial charge in [-0.2, -0.15) is 5.10 Å². The van der Waals surface area contributed by atoms with Crippen LogP contribution >= 0.6 is 0 Å². The van der Waals surface area contributed by atoms with Gasteiger partial charge in [-0.05, 0) is 62.8 Å². The second kappa shape index (κ2) is 8.74.